The lowest BCUT2D eigenvalue weighted by atomic mass is 10.2. The molecular weight excluding hydrogens is 363 g/mol. The number of nitrogens with zero attached hydrogens (tertiary/aromatic N) is 2. The van der Waals surface area contributed by atoms with Crippen LogP contribution in [-0.4, -0.2) is 36.9 Å². The zero-order chi connectivity index (χ0) is 19.1. The van der Waals surface area contributed by atoms with Gasteiger partial charge in [0.25, 0.3) is 11.8 Å². The van der Waals surface area contributed by atoms with Crippen molar-refractivity contribution in [1.29, 1.82) is 0 Å². The molecule has 3 rings (SSSR count). The predicted octanol–water partition coefficient (Wildman–Crippen LogP) is 3.43. The fourth-order valence-electron chi connectivity index (χ4n) is 2.51. The molecule has 0 spiro atoms. The third-order valence-corrected chi connectivity index (χ3v) is 4.10. The molecule has 1 saturated carbocycles. The summed E-state index contributed by atoms with van der Waals surface area (Å²) in [5, 5.41) is 0.848. The van der Waals surface area contributed by atoms with Gasteiger partial charge < -0.3 is 9.64 Å². The van der Waals surface area contributed by atoms with Gasteiger partial charge in [-0.2, -0.15) is 13.2 Å². The Kier molecular flexibility index (Phi) is 4.55. The first-order chi connectivity index (χ1) is 12.1. The lowest BCUT2D eigenvalue weighted by molar-refractivity contribution is -0.183. The second kappa shape index (κ2) is 6.42. The van der Waals surface area contributed by atoms with E-state index in [0.29, 0.717) is 11.3 Å². The van der Waals surface area contributed by atoms with Crippen molar-refractivity contribution in [3.63, 3.8) is 0 Å². The van der Waals surface area contributed by atoms with Gasteiger partial charge in [0.05, 0.1) is 19.9 Å². The highest BCUT2D eigenvalue weighted by atomic mass is 19.4. The summed E-state index contributed by atoms with van der Waals surface area (Å²) in [5.41, 5.74) is 1.03. The van der Waals surface area contributed by atoms with E-state index < -0.39 is 36.1 Å². The van der Waals surface area contributed by atoms with Gasteiger partial charge in [0.2, 0.25) is 5.76 Å². The molecule has 1 heterocycles. The average molecular weight is 378 g/mol. The van der Waals surface area contributed by atoms with Crippen molar-refractivity contribution in [2.24, 2.45) is 5.92 Å². The largest absolute Gasteiger partial charge is 0.466 e. The highest BCUT2D eigenvalue weighted by molar-refractivity contribution is 5.82. The number of carbonyl (C=O) groups excluding carboxylic acids is 1. The maximum Gasteiger partial charge on any atom is 0.450 e. The summed E-state index contributed by atoms with van der Waals surface area (Å²) in [6.07, 6.45) is -4.19. The molecule has 1 amide bonds. The van der Waals surface area contributed by atoms with Crippen LogP contribution in [0.25, 0.3) is 0 Å². The van der Waals surface area contributed by atoms with Crippen LogP contribution in [0.1, 0.15) is 12.0 Å². The molecule has 1 aliphatic carbocycles. The SMILES string of the molecule is CON(Cc1ccc(N2C=C(C(F)(F)F)OC2)cc1)C(=O)C1CC1(F)F. The minimum atomic E-state index is -4.56. The summed E-state index contributed by atoms with van der Waals surface area (Å²) in [4.78, 5) is 18.1. The highest BCUT2D eigenvalue weighted by Gasteiger charge is 2.62. The maximum absolute atomic E-state index is 13.0. The van der Waals surface area contributed by atoms with Crippen LogP contribution in [0, 0.1) is 5.92 Å². The van der Waals surface area contributed by atoms with Crippen LogP contribution >= 0.6 is 0 Å². The first-order valence-electron chi connectivity index (χ1n) is 7.62. The van der Waals surface area contributed by atoms with E-state index in [9.17, 15) is 26.7 Å². The number of amides is 1. The van der Waals surface area contributed by atoms with Crippen LogP contribution < -0.4 is 4.90 Å². The number of hydrogen-bond acceptors (Lipinski definition) is 4. The highest BCUT2D eigenvalue weighted by Crippen LogP contribution is 2.49. The molecular formula is C16H15F5N2O3. The van der Waals surface area contributed by atoms with E-state index in [2.05, 4.69) is 4.74 Å². The van der Waals surface area contributed by atoms with Crippen molar-refractivity contribution in [2.45, 2.75) is 25.1 Å². The number of alkyl halides is 5. The lowest BCUT2D eigenvalue weighted by Gasteiger charge is -2.20. The van der Waals surface area contributed by atoms with Crippen molar-refractivity contribution < 1.29 is 36.3 Å². The molecule has 1 unspecified atom stereocenters. The fraction of sp³-hybridized carbons (Fsp3) is 0.438. The van der Waals surface area contributed by atoms with Crippen LogP contribution in [0.15, 0.2) is 36.2 Å². The van der Waals surface area contributed by atoms with Gasteiger partial charge in [0.15, 0.2) is 6.73 Å². The second-order valence-corrected chi connectivity index (χ2v) is 5.98. The summed E-state index contributed by atoms with van der Waals surface area (Å²) in [6.45, 7) is -0.323. The van der Waals surface area contributed by atoms with Crippen molar-refractivity contribution in [1.82, 2.24) is 5.06 Å². The van der Waals surface area contributed by atoms with Gasteiger partial charge in [-0.05, 0) is 17.7 Å². The van der Waals surface area contributed by atoms with Crippen LogP contribution in [0.5, 0.6) is 0 Å². The summed E-state index contributed by atoms with van der Waals surface area (Å²) in [7, 11) is 1.21. The Hall–Kier alpha value is -2.36. The quantitative estimate of drug-likeness (QED) is 0.582. The lowest BCUT2D eigenvalue weighted by Crippen LogP contribution is -2.32. The second-order valence-electron chi connectivity index (χ2n) is 5.98. The summed E-state index contributed by atoms with van der Waals surface area (Å²) < 4.78 is 68.4. The summed E-state index contributed by atoms with van der Waals surface area (Å²) >= 11 is 0. The van der Waals surface area contributed by atoms with Crippen molar-refractivity contribution in [2.75, 3.05) is 18.7 Å². The Morgan fingerprint density at radius 3 is 2.42 bits per heavy atom. The van der Waals surface area contributed by atoms with Gasteiger partial charge in [-0.25, -0.2) is 13.8 Å². The molecule has 1 aromatic carbocycles. The van der Waals surface area contributed by atoms with Crippen LogP contribution in [0.4, 0.5) is 27.6 Å². The number of rotatable bonds is 5. The molecule has 0 radical (unpaired) electrons. The zero-order valence-corrected chi connectivity index (χ0v) is 13.6. The third kappa shape index (κ3) is 3.74. The van der Waals surface area contributed by atoms with E-state index in [1.54, 1.807) is 24.3 Å². The van der Waals surface area contributed by atoms with Gasteiger partial charge in [0.1, 0.15) is 5.92 Å². The van der Waals surface area contributed by atoms with E-state index in [4.69, 9.17) is 4.84 Å². The number of ether oxygens (including phenoxy) is 1. The van der Waals surface area contributed by atoms with Gasteiger partial charge in [-0.1, -0.05) is 12.1 Å². The van der Waals surface area contributed by atoms with Crippen LogP contribution in [-0.2, 0) is 20.9 Å². The minimum Gasteiger partial charge on any atom is -0.466 e. The van der Waals surface area contributed by atoms with Crippen molar-refractivity contribution in [3.8, 4) is 0 Å². The molecule has 26 heavy (non-hydrogen) atoms. The topological polar surface area (TPSA) is 42.0 Å². The standard InChI is InChI=1S/C16H15F5N2O3/c1-25-23(14(24)12-6-15(12,17)18)7-10-2-4-11(5-3-10)22-8-13(26-9-22)16(19,20)21/h2-5,8,12H,6-7,9H2,1H3. The van der Waals surface area contributed by atoms with Gasteiger partial charge in [-0.15, -0.1) is 0 Å². The Morgan fingerprint density at radius 2 is 1.96 bits per heavy atom. The van der Waals surface area contributed by atoms with Gasteiger partial charge in [0, 0.05) is 12.1 Å². The van der Waals surface area contributed by atoms with E-state index in [1.807, 2.05) is 0 Å². The fourth-order valence-corrected chi connectivity index (χ4v) is 2.51. The Labute approximate surface area is 145 Å². The number of hydrogen-bond donors (Lipinski definition) is 0. The molecule has 0 aromatic heterocycles. The van der Waals surface area contributed by atoms with E-state index in [0.717, 1.165) is 11.3 Å². The van der Waals surface area contributed by atoms with Gasteiger partial charge in [-0.3, -0.25) is 9.63 Å². The molecule has 1 aromatic rings. The Bertz CT molecular complexity index is 718. The number of benzene rings is 1. The number of halogens is 5. The maximum atomic E-state index is 13.0. The van der Waals surface area contributed by atoms with Crippen molar-refractivity contribution in [3.05, 3.63) is 41.8 Å². The molecule has 0 N–H and O–H groups in total. The molecule has 1 atom stereocenters. The van der Waals surface area contributed by atoms with E-state index in [1.165, 1.54) is 12.0 Å². The Morgan fingerprint density at radius 1 is 1.35 bits per heavy atom. The zero-order valence-electron chi connectivity index (χ0n) is 13.6. The van der Waals surface area contributed by atoms with Crippen molar-refractivity contribution >= 4 is 11.6 Å². The average Bonchev–Trinajstić information content (AvgIpc) is 2.99. The monoisotopic (exact) mass is 378 g/mol. The molecule has 0 bridgehead atoms. The van der Waals surface area contributed by atoms with E-state index >= 15 is 0 Å². The van der Waals surface area contributed by atoms with Crippen LogP contribution in [0.3, 0.4) is 0 Å². The number of allylic oxidation sites excluding steroid dienone is 1. The molecule has 1 fully saturated rings. The molecule has 10 heteroatoms. The van der Waals surface area contributed by atoms with Gasteiger partial charge >= 0.3 is 6.18 Å². The first kappa shape index (κ1) is 18.4. The smallest absolute Gasteiger partial charge is 0.450 e. The normalized spacial score (nSPS) is 21.2. The number of anilines is 1. The number of hydroxylamine groups is 2. The first-order valence-corrected chi connectivity index (χ1v) is 7.62. The third-order valence-electron chi connectivity index (χ3n) is 4.10. The minimum absolute atomic E-state index is 0.0532. The molecule has 0 saturated heterocycles. The molecule has 142 valence electrons. The van der Waals surface area contributed by atoms with E-state index in [-0.39, 0.29) is 13.3 Å². The molecule has 1 aliphatic heterocycles. The molecule has 2 aliphatic rings. The van der Waals surface area contributed by atoms with Crippen LogP contribution in [0.2, 0.25) is 0 Å². The summed E-state index contributed by atoms with van der Waals surface area (Å²) in [6, 6.07) is 6.22. The Balaban J connectivity index is 1.64. The predicted molar refractivity (Wildman–Crippen MR) is 79.6 cm³/mol. The summed E-state index contributed by atoms with van der Waals surface area (Å²) in [5.74, 6) is -6.24. The molecule has 5 nitrogen and oxygen atoms in total. The number of carbonyl (C=O) groups is 1.